The third-order valence-corrected chi connectivity index (χ3v) is 7.91. The van der Waals surface area contributed by atoms with Gasteiger partial charge in [-0.2, -0.15) is 0 Å². The first-order valence-corrected chi connectivity index (χ1v) is 14.2. The Balaban J connectivity index is 1.48. The topological polar surface area (TPSA) is 94.6 Å². The van der Waals surface area contributed by atoms with Crippen LogP contribution in [0.1, 0.15) is 54.2 Å². The van der Waals surface area contributed by atoms with E-state index in [9.17, 15) is 14.4 Å². The van der Waals surface area contributed by atoms with Crippen LogP contribution in [-0.4, -0.2) is 86.5 Å². The molecule has 214 valence electrons. The molecule has 2 fully saturated rings. The zero-order valence-electron chi connectivity index (χ0n) is 23.5. The first-order chi connectivity index (χ1) is 19.4. The predicted molar refractivity (Wildman–Crippen MR) is 148 cm³/mol. The Morgan fingerprint density at radius 1 is 1.05 bits per heavy atom. The van der Waals surface area contributed by atoms with E-state index in [-0.39, 0.29) is 11.9 Å². The maximum Gasteiger partial charge on any atom is 0.291 e. The molecule has 0 spiro atoms. The van der Waals surface area contributed by atoms with Crippen LogP contribution < -0.4 is 14.2 Å². The van der Waals surface area contributed by atoms with E-state index < -0.39 is 23.7 Å². The first-order valence-electron chi connectivity index (χ1n) is 14.2. The number of ketones is 2. The fraction of sp³-hybridized carbons (Fsp3) is 0.516. The number of morpholine rings is 1. The number of Topliss-reactive ketones (excluding diaryl/α,β-unsaturated/α-hetero) is 2. The molecule has 1 amide bonds. The summed E-state index contributed by atoms with van der Waals surface area (Å²) in [5.41, 5.74) is 2.01. The minimum Gasteiger partial charge on any atom is -0.493 e. The second-order valence-corrected chi connectivity index (χ2v) is 10.7. The van der Waals surface area contributed by atoms with Crippen molar-refractivity contribution in [2.24, 2.45) is 5.92 Å². The van der Waals surface area contributed by atoms with Crippen LogP contribution in [0.15, 0.2) is 36.4 Å². The maximum absolute atomic E-state index is 14.0. The monoisotopic (exact) mass is 550 g/mol. The van der Waals surface area contributed by atoms with Crippen LogP contribution in [0.2, 0.25) is 0 Å². The van der Waals surface area contributed by atoms with Gasteiger partial charge in [0.05, 0.1) is 33.0 Å². The molecule has 9 heteroatoms. The summed E-state index contributed by atoms with van der Waals surface area (Å²) in [5.74, 6) is -0.978. The Hall–Kier alpha value is -3.43. The third-order valence-electron chi connectivity index (χ3n) is 7.91. The largest absolute Gasteiger partial charge is 0.493 e. The van der Waals surface area contributed by atoms with Gasteiger partial charge in [0.15, 0.2) is 17.3 Å². The number of hydrogen-bond acceptors (Lipinski definition) is 8. The summed E-state index contributed by atoms with van der Waals surface area (Å²) in [4.78, 5) is 44.7. The Morgan fingerprint density at radius 2 is 1.85 bits per heavy atom. The van der Waals surface area contributed by atoms with Crippen LogP contribution in [0.25, 0.3) is 0 Å². The number of amides is 1. The number of carbonyl (C=O) groups is 3. The molecular weight excluding hydrogens is 512 g/mol. The van der Waals surface area contributed by atoms with Gasteiger partial charge in [0.1, 0.15) is 17.8 Å². The van der Waals surface area contributed by atoms with Gasteiger partial charge in [-0.05, 0) is 54.8 Å². The summed E-state index contributed by atoms with van der Waals surface area (Å²) < 4.78 is 22.8. The summed E-state index contributed by atoms with van der Waals surface area (Å²) in [6.45, 7) is 8.33. The predicted octanol–water partition coefficient (Wildman–Crippen LogP) is 3.48. The molecule has 0 N–H and O–H groups in total. The fourth-order valence-corrected chi connectivity index (χ4v) is 5.74. The molecule has 0 radical (unpaired) electrons. The highest BCUT2D eigenvalue weighted by atomic mass is 16.5. The van der Waals surface area contributed by atoms with E-state index in [1.165, 1.54) is 0 Å². The number of methoxy groups -OCH3 is 1. The molecule has 0 saturated carbocycles. The van der Waals surface area contributed by atoms with Crippen molar-refractivity contribution < 1.29 is 33.3 Å². The van der Waals surface area contributed by atoms with Crippen LogP contribution >= 0.6 is 0 Å². The number of unbranched alkanes of at least 4 members (excludes halogenated alkanes) is 1. The lowest BCUT2D eigenvalue weighted by molar-refractivity contribution is -0.141. The van der Waals surface area contributed by atoms with E-state index in [0.717, 1.165) is 37.2 Å². The highest BCUT2D eigenvalue weighted by Gasteiger charge is 2.51. The molecule has 0 aromatic heterocycles. The summed E-state index contributed by atoms with van der Waals surface area (Å²) >= 11 is 0. The highest BCUT2D eigenvalue weighted by Crippen LogP contribution is 2.42. The van der Waals surface area contributed by atoms with E-state index in [0.29, 0.717) is 62.0 Å². The minimum atomic E-state index is -1.16. The van der Waals surface area contributed by atoms with Crippen molar-refractivity contribution in [2.75, 3.05) is 53.1 Å². The Morgan fingerprint density at radius 3 is 2.60 bits per heavy atom. The van der Waals surface area contributed by atoms with Gasteiger partial charge in [-0.15, -0.1) is 0 Å². The number of rotatable bonds is 11. The van der Waals surface area contributed by atoms with Gasteiger partial charge >= 0.3 is 0 Å². The Labute approximate surface area is 235 Å². The number of nitrogens with zero attached hydrogens (tertiary/aromatic N) is 2. The van der Waals surface area contributed by atoms with Crippen molar-refractivity contribution in [1.29, 1.82) is 0 Å². The van der Waals surface area contributed by atoms with Gasteiger partial charge in [-0.1, -0.05) is 19.4 Å². The molecular formula is C31H38N2O7. The van der Waals surface area contributed by atoms with Gasteiger partial charge in [-0.25, -0.2) is 0 Å². The molecule has 40 heavy (non-hydrogen) atoms. The molecule has 5 rings (SSSR count). The third kappa shape index (κ3) is 5.71. The number of likely N-dealkylation sites (tertiary alicyclic amines) is 1. The van der Waals surface area contributed by atoms with E-state index in [1.54, 1.807) is 42.3 Å². The lowest BCUT2D eigenvalue weighted by Crippen LogP contribution is -2.42. The second kappa shape index (κ2) is 12.4. The van der Waals surface area contributed by atoms with E-state index in [4.69, 9.17) is 18.9 Å². The molecule has 3 heterocycles. The van der Waals surface area contributed by atoms with Crippen molar-refractivity contribution in [1.82, 2.24) is 9.80 Å². The molecule has 0 aliphatic carbocycles. The number of ether oxygens (including phenoxy) is 4. The maximum atomic E-state index is 14.0. The lowest BCUT2D eigenvalue weighted by atomic mass is 9.85. The summed E-state index contributed by atoms with van der Waals surface area (Å²) in [5, 5.41) is 0. The van der Waals surface area contributed by atoms with Crippen molar-refractivity contribution >= 4 is 17.5 Å². The van der Waals surface area contributed by atoms with Gasteiger partial charge in [0.2, 0.25) is 5.78 Å². The van der Waals surface area contributed by atoms with E-state index in [2.05, 4.69) is 11.8 Å². The Kier molecular flexibility index (Phi) is 8.71. The molecule has 3 atom stereocenters. The van der Waals surface area contributed by atoms with Crippen LogP contribution in [0.5, 0.6) is 17.2 Å². The summed E-state index contributed by atoms with van der Waals surface area (Å²) in [6, 6.07) is 9.94. The Bertz CT molecular complexity index is 1260. The molecule has 2 saturated heterocycles. The van der Waals surface area contributed by atoms with Gasteiger partial charge in [0.25, 0.3) is 5.91 Å². The minimum absolute atomic E-state index is 0.0315. The quantitative estimate of drug-likeness (QED) is 0.182. The van der Waals surface area contributed by atoms with Crippen LogP contribution in [0, 0.1) is 5.92 Å². The molecule has 2 aromatic rings. The van der Waals surface area contributed by atoms with Crippen LogP contribution in [0.4, 0.5) is 0 Å². The first kappa shape index (κ1) is 28.1. The van der Waals surface area contributed by atoms with Gasteiger partial charge in [0, 0.05) is 38.2 Å². The van der Waals surface area contributed by atoms with E-state index in [1.807, 2.05) is 13.0 Å². The molecule has 0 bridgehead atoms. The van der Waals surface area contributed by atoms with Crippen molar-refractivity contribution in [3.8, 4) is 17.2 Å². The molecule has 3 unspecified atom stereocenters. The smallest absolute Gasteiger partial charge is 0.291 e. The average molecular weight is 551 g/mol. The van der Waals surface area contributed by atoms with Crippen LogP contribution in [0.3, 0.4) is 0 Å². The second-order valence-electron chi connectivity index (χ2n) is 10.7. The zero-order valence-corrected chi connectivity index (χ0v) is 23.5. The lowest BCUT2D eigenvalue weighted by Gasteiger charge is -2.32. The summed E-state index contributed by atoms with van der Waals surface area (Å²) in [7, 11) is 1.56. The zero-order chi connectivity index (χ0) is 28.2. The normalized spacial score (nSPS) is 22.8. The van der Waals surface area contributed by atoms with Gasteiger partial charge < -0.3 is 23.8 Å². The SMILES string of the molecule is CCCCOc1ccc(C2C(C(=O)c3ccc4c(c3)CC(C)O4)C(=O)C(=O)N2CCN2CCOCC2)cc1OC. The van der Waals surface area contributed by atoms with E-state index >= 15 is 0 Å². The average Bonchev–Trinajstić information content (AvgIpc) is 3.47. The number of benzene rings is 2. The van der Waals surface area contributed by atoms with Crippen molar-refractivity contribution in [3.05, 3.63) is 53.1 Å². The number of hydrogen-bond donors (Lipinski definition) is 0. The van der Waals surface area contributed by atoms with Gasteiger partial charge in [-0.3, -0.25) is 19.3 Å². The van der Waals surface area contributed by atoms with Crippen molar-refractivity contribution in [2.45, 2.75) is 45.3 Å². The highest BCUT2D eigenvalue weighted by molar-refractivity contribution is 6.44. The number of carbonyl (C=O) groups excluding carboxylic acids is 3. The molecule has 3 aliphatic heterocycles. The summed E-state index contributed by atoms with van der Waals surface area (Å²) in [6.07, 6.45) is 2.64. The standard InChI is InChI=1S/C31H38N2O7/c1-4-5-14-39-25-9-6-21(19-26(25)37-3)28-27(29(34)22-7-8-24-23(18-22)17-20(2)40-24)30(35)31(36)33(28)11-10-32-12-15-38-16-13-32/h6-9,18-20,27-28H,4-5,10-17H2,1-3H3. The fourth-order valence-electron chi connectivity index (χ4n) is 5.74. The van der Waals surface area contributed by atoms with Crippen LogP contribution in [-0.2, 0) is 20.7 Å². The molecule has 2 aromatic carbocycles. The molecule has 9 nitrogen and oxygen atoms in total. The molecule has 3 aliphatic rings. The van der Waals surface area contributed by atoms with Crippen molar-refractivity contribution in [3.63, 3.8) is 0 Å². The number of fused-ring (bicyclic) bond motifs is 1.